The first-order chi connectivity index (χ1) is 8.29. The highest BCUT2D eigenvalue weighted by atomic mass is 19.4. The van der Waals surface area contributed by atoms with E-state index in [0.717, 1.165) is 10.9 Å². The zero-order valence-electron chi connectivity index (χ0n) is 9.61. The van der Waals surface area contributed by atoms with Gasteiger partial charge in [0.1, 0.15) is 0 Å². The monoisotopic (exact) mass is 263 g/mol. The molecule has 1 atom stereocenters. The molecule has 1 N–H and O–H groups in total. The highest BCUT2D eigenvalue weighted by molar-refractivity contribution is 5.95. The van der Waals surface area contributed by atoms with E-state index >= 15 is 0 Å². The van der Waals surface area contributed by atoms with E-state index in [1.807, 2.05) is 0 Å². The minimum absolute atomic E-state index is 0.0605. The smallest absolute Gasteiger partial charge is 0.391 e. The molecule has 0 aliphatic carbocycles. The molecule has 0 unspecified atom stereocenters. The van der Waals surface area contributed by atoms with Crippen LogP contribution in [0.5, 0.6) is 0 Å². The highest BCUT2D eigenvalue weighted by Gasteiger charge is 2.40. The van der Waals surface area contributed by atoms with Gasteiger partial charge in [-0.1, -0.05) is 0 Å². The zero-order valence-corrected chi connectivity index (χ0v) is 9.61. The summed E-state index contributed by atoms with van der Waals surface area (Å²) < 4.78 is 39.0. The molecular weight excluding hydrogens is 251 g/mol. The Morgan fingerprint density at radius 2 is 2.22 bits per heavy atom. The number of hydrogen-bond donors (Lipinski definition) is 1. The van der Waals surface area contributed by atoms with Gasteiger partial charge in [-0.05, 0) is 6.42 Å². The molecule has 1 aromatic rings. The minimum Gasteiger partial charge on any atom is -0.391 e. The van der Waals surface area contributed by atoms with E-state index in [0.29, 0.717) is 6.42 Å². The van der Waals surface area contributed by atoms with Gasteiger partial charge in [-0.25, -0.2) is 0 Å². The summed E-state index contributed by atoms with van der Waals surface area (Å²) in [7, 11) is 1.32. The first-order valence-corrected chi connectivity index (χ1v) is 5.37. The first-order valence-electron chi connectivity index (χ1n) is 5.37. The van der Waals surface area contributed by atoms with Crippen molar-refractivity contribution in [1.29, 1.82) is 0 Å². The Balaban J connectivity index is 2.30. The molecular formula is C10H12F3N3O2. The minimum atomic E-state index is -4.66. The van der Waals surface area contributed by atoms with E-state index in [1.165, 1.54) is 11.9 Å². The van der Waals surface area contributed by atoms with Crippen molar-refractivity contribution < 1.29 is 23.1 Å². The Morgan fingerprint density at radius 3 is 2.72 bits per heavy atom. The second-order valence-corrected chi connectivity index (χ2v) is 4.26. The molecule has 18 heavy (non-hydrogen) atoms. The third-order valence-corrected chi connectivity index (χ3v) is 2.78. The molecule has 1 fully saturated rings. The molecule has 0 spiro atoms. The lowest BCUT2D eigenvalue weighted by molar-refractivity contribution is -0.141. The van der Waals surface area contributed by atoms with Gasteiger partial charge >= 0.3 is 6.18 Å². The number of likely N-dealkylation sites (tertiary alicyclic amines) is 1. The predicted molar refractivity (Wildman–Crippen MR) is 54.7 cm³/mol. The maximum Gasteiger partial charge on any atom is 0.435 e. The normalized spacial score (nSPS) is 20.5. The van der Waals surface area contributed by atoms with Crippen molar-refractivity contribution in [2.75, 3.05) is 13.1 Å². The number of aliphatic hydroxyl groups excluding tert-OH is 1. The lowest BCUT2D eigenvalue weighted by Gasteiger charge is -2.15. The Labute approximate surface area is 101 Å². The van der Waals surface area contributed by atoms with Crippen LogP contribution < -0.4 is 0 Å². The fraction of sp³-hybridized carbons (Fsp3) is 0.600. The summed E-state index contributed by atoms with van der Waals surface area (Å²) in [4.78, 5) is 13.1. The summed E-state index contributed by atoms with van der Waals surface area (Å²) in [6.07, 6.45) is -3.90. The number of hydrogen-bond acceptors (Lipinski definition) is 3. The molecule has 1 amide bonds. The second kappa shape index (κ2) is 4.27. The molecule has 1 saturated heterocycles. The van der Waals surface area contributed by atoms with Crippen LogP contribution in [0.1, 0.15) is 22.5 Å². The SMILES string of the molecule is Cn1cc(C(=O)N2CC[C@@H](O)C2)c(C(F)(F)F)n1. The number of halogens is 3. The number of aliphatic hydroxyl groups is 1. The Kier molecular flexibility index (Phi) is 3.05. The number of alkyl halides is 3. The fourth-order valence-corrected chi connectivity index (χ4v) is 1.95. The predicted octanol–water partition coefficient (Wildman–Crippen LogP) is 0.646. The maximum absolute atomic E-state index is 12.7. The molecule has 0 bridgehead atoms. The molecule has 8 heteroatoms. The van der Waals surface area contributed by atoms with Gasteiger partial charge in [0, 0.05) is 26.3 Å². The largest absolute Gasteiger partial charge is 0.435 e. The van der Waals surface area contributed by atoms with Gasteiger partial charge in [-0.2, -0.15) is 18.3 Å². The topological polar surface area (TPSA) is 58.4 Å². The molecule has 1 aliphatic heterocycles. The molecule has 2 heterocycles. The number of aryl methyl sites for hydroxylation is 1. The summed E-state index contributed by atoms with van der Waals surface area (Å²) in [6.45, 7) is 0.317. The number of β-amino-alcohol motifs (C(OH)–C–C–N with tert-alkyl or cyclic N) is 1. The van der Waals surface area contributed by atoms with Crippen LogP contribution in [0.3, 0.4) is 0 Å². The number of nitrogens with zero attached hydrogens (tertiary/aromatic N) is 3. The van der Waals surface area contributed by atoms with Crippen LogP contribution in [-0.2, 0) is 13.2 Å². The highest BCUT2D eigenvalue weighted by Crippen LogP contribution is 2.31. The molecule has 0 radical (unpaired) electrons. The van der Waals surface area contributed by atoms with Crippen molar-refractivity contribution >= 4 is 5.91 Å². The lowest BCUT2D eigenvalue weighted by Crippen LogP contribution is -2.30. The van der Waals surface area contributed by atoms with E-state index in [4.69, 9.17) is 0 Å². The quantitative estimate of drug-likeness (QED) is 0.809. The number of aromatic nitrogens is 2. The molecule has 0 saturated carbocycles. The summed E-state index contributed by atoms with van der Waals surface area (Å²) in [5.41, 5.74) is -1.66. The first kappa shape index (κ1) is 12.9. The van der Waals surface area contributed by atoms with E-state index in [-0.39, 0.29) is 13.1 Å². The van der Waals surface area contributed by atoms with Gasteiger partial charge < -0.3 is 10.0 Å². The summed E-state index contributed by atoms with van der Waals surface area (Å²) >= 11 is 0. The van der Waals surface area contributed by atoms with E-state index in [2.05, 4.69) is 5.10 Å². The van der Waals surface area contributed by atoms with Crippen LogP contribution in [0.4, 0.5) is 13.2 Å². The number of carbonyl (C=O) groups excluding carboxylic acids is 1. The second-order valence-electron chi connectivity index (χ2n) is 4.26. The van der Waals surface area contributed by atoms with Crippen LogP contribution in [0.2, 0.25) is 0 Å². The summed E-state index contributed by atoms with van der Waals surface area (Å²) in [5.74, 6) is -0.744. The molecule has 100 valence electrons. The molecule has 1 aliphatic rings. The fourth-order valence-electron chi connectivity index (χ4n) is 1.95. The van der Waals surface area contributed by atoms with Gasteiger partial charge in [0.05, 0.1) is 11.7 Å². The van der Waals surface area contributed by atoms with Gasteiger partial charge in [-0.3, -0.25) is 9.48 Å². The van der Waals surface area contributed by atoms with E-state index in [9.17, 15) is 23.1 Å². The number of carbonyl (C=O) groups is 1. The van der Waals surface area contributed by atoms with Crippen LogP contribution in [0.25, 0.3) is 0 Å². The van der Waals surface area contributed by atoms with Gasteiger partial charge in [0.25, 0.3) is 5.91 Å². The molecule has 2 rings (SSSR count). The Hall–Kier alpha value is -1.57. The van der Waals surface area contributed by atoms with Crippen molar-refractivity contribution in [2.45, 2.75) is 18.7 Å². The summed E-state index contributed by atoms with van der Waals surface area (Å²) in [6, 6.07) is 0. The third-order valence-electron chi connectivity index (χ3n) is 2.78. The van der Waals surface area contributed by atoms with Gasteiger partial charge in [0.15, 0.2) is 5.69 Å². The third kappa shape index (κ3) is 2.33. The Morgan fingerprint density at radius 1 is 1.56 bits per heavy atom. The molecule has 5 nitrogen and oxygen atoms in total. The van der Waals surface area contributed by atoms with Crippen molar-refractivity contribution in [2.24, 2.45) is 7.05 Å². The van der Waals surface area contributed by atoms with E-state index in [1.54, 1.807) is 0 Å². The lowest BCUT2D eigenvalue weighted by atomic mass is 10.2. The van der Waals surface area contributed by atoms with Crippen molar-refractivity contribution in [3.63, 3.8) is 0 Å². The van der Waals surface area contributed by atoms with Crippen molar-refractivity contribution in [3.8, 4) is 0 Å². The van der Waals surface area contributed by atoms with Crippen LogP contribution in [0, 0.1) is 0 Å². The van der Waals surface area contributed by atoms with E-state index < -0.39 is 29.4 Å². The standard InChI is InChI=1S/C10H12F3N3O2/c1-15-5-7(8(14-15)10(11,12)13)9(18)16-3-2-6(17)4-16/h5-6,17H,2-4H2,1H3/t6-/m1/s1. The van der Waals surface area contributed by atoms with Crippen LogP contribution in [0.15, 0.2) is 6.20 Å². The summed E-state index contributed by atoms with van der Waals surface area (Å²) in [5, 5.41) is 12.6. The average molecular weight is 263 g/mol. The number of rotatable bonds is 1. The van der Waals surface area contributed by atoms with Crippen LogP contribution in [-0.4, -0.2) is 44.9 Å². The maximum atomic E-state index is 12.7. The van der Waals surface area contributed by atoms with Gasteiger partial charge in [0.2, 0.25) is 0 Å². The average Bonchev–Trinajstić information content (AvgIpc) is 2.82. The number of amides is 1. The molecule has 1 aromatic heterocycles. The Bertz CT molecular complexity index is 469. The van der Waals surface area contributed by atoms with Crippen molar-refractivity contribution in [1.82, 2.24) is 14.7 Å². The molecule has 0 aromatic carbocycles. The van der Waals surface area contributed by atoms with Crippen LogP contribution >= 0.6 is 0 Å². The van der Waals surface area contributed by atoms with Crippen molar-refractivity contribution in [3.05, 3.63) is 17.5 Å². The van der Waals surface area contributed by atoms with Gasteiger partial charge in [-0.15, -0.1) is 0 Å². The zero-order chi connectivity index (χ0) is 13.5.